The van der Waals surface area contributed by atoms with E-state index < -0.39 is 0 Å². The Morgan fingerprint density at radius 3 is 2.94 bits per heavy atom. The second kappa shape index (κ2) is 6.19. The first-order valence-electron chi connectivity index (χ1n) is 7.07. The summed E-state index contributed by atoms with van der Waals surface area (Å²) in [6.45, 7) is 5.49. The number of hydrogen-bond acceptors (Lipinski definition) is 2. The Morgan fingerprint density at radius 2 is 2.28 bits per heavy atom. The van der Waals surface area contributed by atoms with Crippen molar-refractivity contribution in [3.63, 3.8) is 0 Å². The molecule has 1 aromatic rings. The van der Waals surface area contributed by atoms with Gasteiger partial charge in [0.1, 0.15) is 0 Å². The molecule has 0 fully saturated rings. The Morgan fingerprint density at radius 1 is 1.44 bits per heavy atom. The van der Waals surface area contributed by atoms with Crippen molar-refractivity contribution in [2.45, 2.75) is 52.1 Å². The van der Waals surface area contributed by atoms with E-state index in [1.165, 1.54) is 25.0 Å². The molecular weight excluding hydrogens is 222 g/mol. The zero-order valence-electron chi connectivity index (χ0n) is 11.5. The topological polar surface area (TPSA) is 43.8 Å². The van der Waals surface area contributed by atoms with E-state index in [9.17, 15) is 0 Å². The molecule has 2 N–H and O–H groups in total. The van der Waals surface area contributed by atoms with Crippen LogP contribution in [-0.4, -0.2) is 9.55 Å². The highest BCUT2D eigenvalue weighted by atomic mass is 15.1. The Bertz CT molecular complexity index is 392. The van der Waals surface area contributed by atoms with Gasteiger partial charge in [0.05, 0.1) is 12.0 Å². The highest BCUT2D eigenvalue weighted by molar-refractivity contribution is 5.05. The Balaban J connectivity index is 2.00. The molecule has 0 aromatic carbocycles. The quantitative estimate of drug-likeness (QED) is 0.811. The first-order chi connectivity index (χ1) is 8.66. The maximum Gasteiger partial charge on any atom is 0.0948 e. The van der Waals surface area contributed by atoms with Crippen molar-refractivity contribution < 1.29 is 0 Å². The van der Waals surface area contributed by atoms with Crippen LogP contribution < -0.4 is 5.73 Å². The van der Waals surface area contributed by atoms with Gasteiger partial charge in [0, 0.05) is 18.8 Å². The van der Waals surface area contributed by atoms with Crippen molar-refractivity contribution in [3.8, 4) is 0 Å². The van der Waals surface area contributed by atoms with E-state index in [1.807, 2.05) is 12.5 Å². The van der Waals surface area contributed by atoms with Gasteiger partial charge < -0.3 is 10.3 Å². The molecule has 1 heterocycles. The molecule has 0 saturated heterocycles. The normalized spacial score (nSPS) is 21.4. The molecule has 2 rings (SSSR count). The molecule has 3 heteroatoms. The summed E-state index contributed by atoms with van der Waals surface area (Å²) in [6.07, 6.45) is 13.2. The molecule has 2 atom stereocenters. The monoisotopic (exact) mass is 247 g/mol. The van der Waals surface area contributed by atoms with Crippen LogP contribution in [0.3, 0.4) is 0 Å². The van der Waals surface area contributed by atoms with Gasteiger partial charge in [-0.1, -0.05) is 26.0 Å². The van der Waals surface area contributed by atoms with E-state index in [1.54, 1.807) is 0 Å². The first kappa shape index (κ1) is 13.3. The predicted molar refractivity (Wildman–Crippen MR) is 75.1 cm³/mol. The van der Waals surface area contributed by atoms with Crippen LogP contribution in [0.4, 0.5) is 0 Å². The van der Waals surface area contributed by atoms with Crippen LogP contribution in [0.15, 0.2) is 24.7 Å². The third-order valence-corrected chi connectivity index (χ3v) is 3.68. The molecule has 0 bridgehead atoms. The molecule has 1 aromatic heterocycles. The summed E-state index contributed by atoms with van der Waals surface area (Å²) in [5, 5.41) is 0. The van der Waals surface area contributed by atoms with Crippen molar-refractivity contribution in [3.05, 3.63) is 30.4 Å². The lowest BCUT2D eigenvalue weighted by atomic mass is 9.94. The summed E-state index contributed by atoms with van der Waals surface area (Å²) in [7, 11) is 0. The summed E-state index contributed by atoms with van der Waals surface area (Å²) in [6, 6.07) is 0.117. The van der Waals surface area contributed by atoms with Crippen LogP contribution in [0.5, 0.6) is 0 Å². The third-order valence-electron chi connectivity index (χ3n) is 3.68. The molecule has 18 heavy (non-hydrogen) atoms. The summed E-state index contributed by atoms with van der Waals surface area (Å²) in [5.74, 6) is 1.37. The summed E-state index contributed by atoms with van der Waals surface area (Å²) in [5.41, 5.74) is 7.46. The lowest BCUT2D eigenvalue weighted by Crippen LogP contribution is -2.20. The van der Waals surface area contributed by atoms with Gasteiger partial charge in [0.15, 0.2) is 0 Å². The zero-order valence-corrected chi connectivity index (χ0v) is 11.5. The lowest BCUT2D eigenvalue weighted by Gasteiger charge is -2.22. The second-order valence-electron chi connectivity index (χ2n) is 5.86. The van der Waals surface area contributed by atoms with Gasteiger partial charge in [-0.3, -0.25) is 0 Å². The fraction of sp³-hybridized carbons (Fsp3) is 0.667. The van der Waals surface area contributed by atoms with Crippen molar-refractivity contribution >= 4 is 0 Å². The van der Waals surface area contributed by atoms with Crippen LogP contribution in [0.25, 0.3) is 0 Å². The first-order valence-corrected chi connectivity index (χ1v) is 7.07. The molecule has 0 radical (unpaired) electrons. The standard InChI is InChI=1S/C15H25N3/c1-12(2)8-14(16)15-9-17-11-18(15)10-13-6-4-3-5-7-13/h3-4,9,11-14H,5-8,10,16H2,1-2H3. The van der Waals surface area contributed by atoms with Gasteiger partial charge in [-0.25, -0.2) is 4.98 Å². The van der Waals surface area contributed by atoms with Gasteiger partial charge in [-0.15, -0.1) is 0 Å². The number of imidazole rings is 1. The minimum Gasteiger partial charge on any atom is -0.333 e. The second-order valence-corrected chi connectivity index (χ2v) is 5.86. The fourth-order valence-electron chi connectivity index (χ4n) is 2.72. The van der Waals surface area contributed by atoms with Gasteiger partial charge in [-0.2, -0.15) is 0 Å². The number of hydrogen-bond donors (Lipinski definition) is 1. The van der Waals surface area contributed by atoms with Crippen molar-refractivity contribution in [1.82, 2.24) is 9.55 Å². The average molecular weight is 247 g/mol. The minimum atomic E-state index is 0.117. The number of allylic oxidation sites excluding steroid dienone is 2. The zero-order chi connectivity index (χ0) is 13.0. The number of aromatic nitrogens is 2. The molecule has 2 unspecified atom stereocenters. The van der Waals surface area contributed by atoms with E-state index >= 15 is 0 Å². The van der Waals surface area contributed by atoms with Crippen molar-refractivity contribution in [2.24, 2.45) is 17.6 Å². The Kier molecular flexibility index (Phi) is 4.59. The highest BCUT2D eigenvalue weighted by Crippen LogP contribution is 2.23. The van der Waals surface area contributed by atoms with Crippen LogP contribution in [0.1, 0.15) is 51.3 Å². The summed E-state index contributed by atoms with van der Waals surface area (Å²) >= 11 is 0. The minimum absolute atomic E-state index is 0.117. The molecule has 0 spiro atoms. The van der Waals surface area contributed by atoms with Gasteiger partial charge >= 0.3 is 0 Å². The lowest BCUT2D eigenvalue weighted by molar-refractivity contribution is 0.392. The summed E-state index contributed by atoms with van der Waals surface area (Å²) in [4.78, 5) is 4.28. The summed E-state index contributed by atoms with van der Waals surface area (Å²) < 4.78 is 2.26. The average Bonchev–Trinajstić information content (AvgIpc) is 2.77. The van der Waals surface area contributed by atoms with Gasteiger partial charge in [0.25, 0.3) is 0 Å². The molecule has 1 aliphatic rings. The molecule has 0 amide bonds. The molecular formula is C15H25N3. The fourth-order valence-corrected chi connectivity index (χ4v) is 2.72. The number of nitrogens with zero attached hydrogens (tertiary/aromatic N) is 2. The van der Waals surface area contributed by atoms with E-state index in [0.717, 1.165) is 18.9 Å². The largest absolute Gasteiger partial charge is 0.333 e. The molecule has 0 aliphatic heterocycles. The number of nitrogens with two attached hydrogens (primary N) is 1. The smallest absolute Gasteiger partial charge is 0.0948 e. The van der Waals surface area contributed by atoms with E-state index in [2.05, 4.69) is 35.6 Å². The number of rotatable bonds is 5. The van der Waals surface area contributed by atoms with E-state index in [-0.39, 0.29) is 6.04 Å². The molecule has 100 valence electrons. The van der Waals surface area contributed by atoms with E-state index in [0.29, 0.717) is 5.92 Å². The van der Waals surface area contributed by atoms with Gasteiger partial charge in [0.2, 0.25) is 0 Å². The van der Waals surface area contributed by atoms with Crippen LogP contribution in [0, 0.1) is 11.8 Å². The molecule has 0 saturated carbocycles. The Hall–Kier alpha value is -1.09. The van der Waals surface area contributed by atoms with Crippen molar-refractivity contribution in [2.75, 3.05) is 0 Å². The highest BCUT2D eigenvalue weighted by Gasteiger charge is 2.16. The van der Waals surface area contributed by atoms with E-state index in [4.69, 9.17) is 5.73 Å². The SMILES string of the molecule is CC(C)CC(N)c1cncn1CC1CC=CCC1. The predicted octanol–water partition coefficient (Wildman–Crippen LogP) is 3.29. The maximum atomic E-state index is 6.27. The van der Waals surface area contributed by atoms with Crippen LogP contribution in [-0.2, 0) is 6.54 Å². The maximum absolute atomic E-state index is 6.27. The molecule has 1 aliphatic carbocycles. The third kappa shape index (κ3) is 3.45. The van der Waals surface area contributed by atoms with Gasteiger partial charge in [-0.05, 0) is 37.5 Å². The van der Waals surface area contributed by atoms with Crippen LogP contribution in [0.2, 0.25) is 0 Å². The molecule has 3 nitrogen and oxygen atoms in total. The van der Waals surface area contributed by atoms with Crippen molar-refractivity contribution in [1.29, 1.82) is 0 Å². The Labute approximate surface area is 110 Å². The van der Waals surface area contributed by atoms with Crippen LogP contribution >= 0.6 is 0 Å².